The fourth-order valence-electron chi connectivity index (χ4n) is 4.94. The van der Waals surface area contributed by atoms with E-state index in [1.807, 2.05) is 19.3 Å². The molecule has 5 rings (SSSR count). The molecule has 9 heteroatoms. The molecule has 2 saturated heterocycles. The summed E-state index contributed by atoms with van der Waals surface area (Å²) in [6.45, 7) is 4.07. The van der Waals surface area contributed by atoms with Crippen molar-refractivity contribution < 1.29 is 13.5 Å². The van der Waals surface area contributed by atoms with Gasteiger partial charge in [0.25, 0.3) is 5.88 Å². The summed E-state index contributed by atoms with van der Waals surface area (Å²) in [4.78, 5) is 19.3. The van der Waals surface area contributed by atoms with Crippen LogP contribution in [0.1, 0.15) is 50.7 Å². The Morgan fingerprint density at radius 2 is 1.88 bits per heavy atom. The molecule has 178 valence electrons. The number of anilines is 3. The van der Waals surface area contributed by atoms with Crippen molar-refractivity contribution in [3.8, 4) is 5.88 Å². The lowest BCUT2D eigenvalue weighted by atomic mass is 9.98. The Bertz CT molecular complexity index is 1160. The second-order valence-electron chi connectivity index (χ2n) is 8.87. The number of rotatable bonds is 8. The maximum Gasteiger partial charge on any atom is 0.256 e. The number of benzene rings is 1. The summed E-state index contributed by atoms with van der Waals surface area (Å²) in [6, 6.07) is 5.10. The molecule has 1 N–H and O–H groups in total. The topological polar surface area (TPSA) is 76.1 Å². The predicted molar refractivity (Wildman–Crippen MR) is 125 cm³/mol. The monoisotopic (exact) mass is 466 g/mol. The lowest BCUT2D eigenvalue weighted by molar-refractivity contribution is 0.158. The van der Waals surface area contributed by atoms with E-state index in [4.69, 9.17) is 4.74 Å². The minimum atomic E-state index is -0.740. The van der Waals surface area contributed by atoms with E-state index in [2.05, 4.69) is 37.1 Å². The van der Waals surface area contributed by atoms with E-state index in [1.54, 1.807) is 12.1 Å². The van der Waals surface area contributed by atoms with Crippen LogP contribution in [0.25, 0.3) is 0 Å². The van der Waals surface area contributed by atoms with Crippen molar-refractivity contribution in [3.63, 3.8) is 0 Å². The molecule has 2 aliphatic rings. The number of hydrogen-bond acceptors (Lipinski definition) is 7. The summed E-state index contributed by atoms with van der Waals surface area (Å²) in [5.41, 5.74) is 2.13. The van der Waals surface area contributed by atoms with E-state index in [9.17, 15) is 4.39 Å². The lowest BCUT2D eigenvalue weighted by Crippen LogP contribution is -2.36. The Morgan fingerprint density at radius 3 is 2.62 bits per heavy atom. The summed E-state index contributed by atoms with van der Waals surface area (Å²) in [5.74, 6) is -0.776. The number of aryl methyl sites for hydroxylation is 2. The van der Waals surface area contributed by atoms with Crippen LogP contribution in [0.4, 0.5) is 26.2 Å². The average molecular weight is 467 g/mol. The fourth-order valence-corrected chi connectivity index (χ4v) is 4.94. The van der Waals surface area contributed by atoms with Gasteiger partial charge in [-0.3, -0.25) is 0 Å². The third-order valence-electron chi connectivity index (χ3n) is 6.66. The van der Waals surface area contributed by atoms with Gasteiger partial charge in [0.15, 0.2) is 5.82 Å². The molecule has 2 aliphatic heterocycles. The number of nitrogens with zero attached hydrogens (tertiary/aromatic N) is 5. The molecule has 2 aromatic heterocycles. The molecule has 34 heavy (non-hydrogen) atoms. The van der Waals surface area contributed by atoms with E-state index in [-0.39, 0.29) is 35.6 Å². The first-order chi connectivity index (χ1) is 16.6. The van der Waals surface area contributed by atoms with E-state index in [0.717, 1.165) is 43.2 Å². The van der Waals surface area contributed by atoms with Crippen molar-refractivity contribution in [1.29, 1.82) is 0 Å². The maximum atomic E-state index is 15.2. The summed E-state index contributed by atoms with van der Waals surface area (Å²) in [6.07, 6.45) is 10.1. The highest BCUT2D eigenvalue weighted by Crippen LogP contribution is 2.41. The zero-order chi connectivity index (χ0) is 23.7. The van der Waals surface area contributed by atoms with Gasteiger partial charge < -0.3 is 15.0 Å². The van der Waals surface area contributed by atoms with Gasteiger partial charge in [0, 0.05) is 24.9 Å². The number of ether oxygens (including phenoxy) is 1. The number of hydrogen-bond donors (Lipinski definition) is 1. The van der Waals surface area contributed by atoms with Crippen molar-refractivity contribution in [2.45, 2.75) is 70.6 Å². The van der Waals surface area contributed by atoms with Gasteiger partial charge in [0.05, 0.1) is 11.7 Å². The Morgan fingerprint density at radius 1 is 1.06 bits per heavy atom. The molecule has 0 amide bonds. The van der Waals surface area contributed by atoms with Gasteiger partial charge in [-0.2, -0.15) is 9.37 Å². The number of aromatic nitrogens is 4. The Labute approximate surface area is 197 Å². The van der Waals surface area contributed by atoms with E-state index >= 15 is 4.39 Å². The molecule has 2 bridgehead atoms. The molecule has 0 spiro atoms. The molecule has 0 saturated carbocycles. The lowest BCUT2D eigenvalue weighted by Gasteiger charge is -2.24. The molecule has 3 atom stereocenters. The first-order valence-electron chi connectivity index (χ1n) is 11.9. The van der Waals surface area contributed by atoms with Gasteiger partial charge in [-0.25, -0.2) is 19.3 Å². The van der Waals surface area contributed by atoms with Crippen LogP contribution in [0.2, 0.25) is 0 Å². The summed E-state index contributed by atoms with van der Waals surface area (Å²) in [7, 11) is 0. The molecule has 7 nitrogen and oxygen atoms in total. The normalized spacial score (nSPS) is 21.2. The second kappa shape index (κ2) is 9.48. The van der Waals surface area contributed by atoms with Crippen molar-refractivity contribution in [2.75, 3.05) is 10.2 Å². The first-order valence-corrected chi connectivity index (χ1v) is 11.9. The van der Waals surface area contributed by atoms with Crippen LogP contribution in [-0.2, 0) is 12.8 Å². The van der Waals surface area contributed by atoms with Crippen LogP contribution in [0.5, 0.6) is 5.88 Å². The second-order valence-corrected chi connectivity index (χ2v) is 8.87. The molecule has 2 unspecified atom stereocenters. The molecule has 0 radical (unpaired) electrons. The van der Waals surface area contributed by atoms with Crippen LogP contribution in [0.3, 0.4) is 0 Å². The van der Waals surface area contributed by atoms with Gasteiger partial charge in [-0.1, -0.05) is 26.3 Å². The Balaban J connectivity index is 1.31. The zero-order valence-electron chi connectivity index (χ0n) is 19.3. The van der Waals surface area contributed by atoms with Gasteiger partial charge in [-0.05, 0) is 48.9 Å². The van der Waals surface area contributed by atoms with E-state index < -0.39 is 11.6 Å². The maximum absolute atomic E-state index is 15.2. The largest absolute Gasteiger partial charge is 0.470 e. The van der Waals surface area contributed by atoms with Gasteiger partial charge in [-0.15, -0.1) is 0 Å². The minimum absolute atomic E-state index is 0.0480. The van der Waals surface area contributed by atoms with Gasteiger partial charge in [0.1, 0.15) is 18.2 Å². The smallest absolute Gasteiger partial charge is 0.256 e. The molecule has 2 fully saturated rings. The summed E-state index contributed by atoms with van der Waals surface area (Å²) in [5, 5.41) is 2.73. The predicted octanol–water partition coefficient (Wildman–Crippen LogP) is 4.99. The fraction of sp³-hybridized carbons (Fsp3) is 0.440. The summed E-state index contributed by atoms with van der Waals surface area (Å²) >= 11 is 0. The van der Waals surface area contributed by atoms with E-state index in [0.29, 0.717) is 12.4 Å². The SMILES string of the molecule is CCCc1cnc(N2C3CCC2[C@@H](Oc2ncnc(Nc4ccc(CC)cc4F)c2F)C3)nc1. The van der Waals surface area contributed by atoms with Crippen LogP contribution in [0.15, 0.2) is 36.9 Å². The molecule has 3 aromatic rings. The van der Waals surface area contributed by atoms with Crippen molar-refractivity contribution in [3.05, 3.63) is 59.7 Å². The molecular formula is C25H28F2N6O. The average Bonchev–Trinajstić information content (AvgIpc) is 3.41. The van der Waals surface area contributed by atoms with E-state index in [1.165, 1.54) is 12.4 Å². The number of fused-ring (bicyclic) bond motifs is 2. The molecule has 4 heterocycles. The van der Waals surface area contributed by atoms with Gasteiger partial charge in [0.2, 0.25) is 11.8 Å². The summed E-state index contributed by atoms with van der Waals surface area (Å²) < 4.78 is 35.6. The third kappa shape index (κ3) is 4.26. The van der Waals surface area contributed by atoms with Gasteiger partial charge >= 0.3 is 0 Å². The highest BCUT2D eigenvalue weighted by atomic mass is 19.1. The quantitative estimate of drug-likeness (QED) is 0.501. The number of nitrogens with one attached hydrogen (secondary N) is 1. The molecule has 1 aromatic carbocycles. The van der Waals surface area contributed by atoms with Crippen molar-refractivity contribution >= 4 is 17.5 Å². The first kappa shape index (κ1) is 22.4. The Kier molecular flexibility index (Phi) is 6.26. The highest BCUT2D eigenvalue weighted by molar-refractivity contribution is 5.58. The highest BCUT2D eigenvalue weighted by Gasteiger charge is 2.49. The zero-order valence-corrected chi connectivity index (χ0v) is 19.3. The van der Waals surface area contributed by atoms with Crippen LogP contribution in [0, 0.1) is 11.6 Å². The van der Waals surface area contributed by atoms with Crippen LogP contribution in [-0.4, -0.2) is 38.1 Å². The van der Waals surface area contributed by atoms with Crippen LogP contribution >= 0.6 is 0 Å². The minimum Gasteiger partial charge on any atom is -0.470 e. The standard InChI is InChI=1S/C25H28F2N6O/c1-3-5-16-12-28-25(29-13-16)33-17-7-9-20(33)21(11-17)34-24-22(27)23(30-14-31-24)32-19-8-6-15(4-2)10-18(19)26/h6,8,10,12-14,17,20-21H,3-5,7,9,11H2,1-2H3,(H,30,31,32)/t17?,20?,21-/m0/s1. The third-order valence-corrected chi connectivity index (χ3v) is 6.66. The molecule has 0 aliphatic carbocycles. The van der Waals surface area contributed by atoms with Crippen LogP contribution < -0.4 is 15.0 Å². The Hall–Kier alpha value is -3.36. The molecular weight excluding hydrogens is 438 g/mol. The van der Waals surface area contributed by atoms with Crippen molar-refractivity contribution in [1.82, 2.24) is 19.9 Å². The van der Waals surface area contributed by atoms with Crippen molar-refractivity contribution in [2.24, 2.45) is 0 Å². The number of halogens is 2.